The number of unbranched alkanes of at least 4 members (excludes halogenated alkanes) is 1. The number of carbonyl (C=O) groups excluding carboxylic acids is 1. The first kappa shape index (κ1) is 13.7. The van der Waals surface area contributed by atoms with Gasteiger partial charge in [0.15, 0.2) is 0 Å². The predicted octanol–water partition coefficient (Wildman–Crippen LogP) is 1.51. The van der Waals surface area contributed by atoms with Crippen LogP contribution in [0.4, 0.5) is 5.69 Å². The Morgan fingerprint density at radius 1 is 1.24 bits per heavy atom. The Hall–Kier alpha value is -1.39. The number of hydrogen-bond donors (Lipinski definition) is 3. The number of rotatable bonds is 7. The Labute approximate surface area is 102 Å². The van der Waals surface area contributed by atoms with Crippen molar-refractivity contribution in [3.63, 3.8) is 0 Å². The third-order valence-electron chi connectivity index (χ3n) is 2.50. The van der Waals surface area contributed by atoms with Crippen LogP contribution in [0.5, 0.6) is 0 Å². The number of aliphatic hydroxyl groups excluding tert-OH is 1. The minimum absolute atomic E-state index is 0.0260. The third-order valence-corrected chi connectivity index (χ3v) is 2.50. The largest absolute Gasteiger partial charge is 0.392 e. The molecule has 0 bridgehead atoms. The van der Waals surface area contributed by atoms with Crippen LogP contribution >= 0.6 is 0 Å². The van der Waals surface area contributed by atoms with Crippen molar-refractivity contribution in [2.75, 3.05) is 18.9 Å². The van der Waals surface area contributed by atoms with Crippen molar-refractivity contribution in [1.82, 2.24) is 5.32 Å². The van der Waals surface area contributed by atoms with Crippen LogP contribution in [0.2, 0.25) is 0 Å². The second-order valence-corrected chi connectivity index (χ2v) is 3.96. The molecule has 0 aliphatic heterocycles. The number of amides is 1. The lowest BCUT2D eigenvalue weighted by Crippen LogP contribution is -2.13. The summed E-state index contributed by atoms with van der Waals surface area (Å²) < 4.78 is 0. The Balaban J connectivity index is 2.29. The first-order valence-electron chi connectivity index (χ1n) is 5.90. The molecule has 3 N–H and O–H groups in total. The molecule has 1 aromatic carbocycles. The average molecular weight is 236 g/mol. The van der Waals surface area contributed by atoms with Crippen LogP contribution in [-0.2, 0) is 11.4 Å². The highest BCUT2D eigenvalue weighted by atomic mass is 16.3. The molecular weight excluding hydrogens is 216 g/mol. The van der Waals surface area contributed by atoms with Crippen molar-refractivity contribution in [2.24, 2.45) is 0 Å². The van der Waals surface area contributed by atoms with Gasteiger partial charge in [0, 0.05) is 12.1 Å². The average Bonchev–Trinajstić information content (AvgIpc) is 2.36. The van der Waals surface area contributed by atoms with E-state index in [0.717, 1.165) is 30.6 Å². The molecule has 0 aliphatic carbocycles. The zero-order valence-electron chi connectivity index (χ0n) is 10.2. The molecule has 0 aromatic heterocycles. The van der Waals surface area contributed by atoms with Crippen LogP contribution < -0.4 is 10.6 Å². The smallest absolute Gasteiger partial charge is 0.224 e. The molecule has 0 radical (unpaired) electrons. The first-order valence-corrected chi connectivity index (χ1v) is 5.90. The van der Waals surface area contributed by atoms with Gasteiger partial charge in [-0.3, -0.25) is 4.79 Å². The van der Waals surface area contributed by atoms with Crippen molar-refractivity contribution in [1.29, 1.82) is 0 Å². The number of benzene rings is 1. The van der Waals surface area contributed by atoms with Gasteiger partial charge in [-0.15, -0.1) is 0 Å². The van der Waals surface area contributed by atoms with Gasteiger partial charge in [-0.1, -0.05) is 12.1 Å². The quantitative estimate of drug-likeness (QED) is 0.629. The van der Waals surface area contributed by atoms with Crippen molar-refractivity contribution >= 4 is 11.6 Å². The van der Waals surface area contributed by atoms with Crippen molar-refractivity contribution in [3.8, 4) is 0 Å². The number of carbonyl (C=O) groups is 1. The van der Waals surface area contributed by atoms with E-state index in [1.165, 1.54) is 0 Å². The van der Waals surface area contributed by atoms with Crippen LogP contribution in [0.3, 0.4) is 0 Å². The molecule has 1 aromatic rings. The molecule has 0 heterocycles. The molecule has 0 saturated heterocycles. The first-order chi connectivity index (χ1) is 8.26. The van der Waals surface area contributed by atoms with Crippen LogP contribution in [-0.4, -0.2) is 24.6 Å². The fourth-order valence-corrected chi connectivity index (χ4v) is 1.50. The topological polar surface area (TPSA) is 61.4 Å². The lowest BCUT2D eigenvalue weighted by molar-refractivity contribution is -0.116. The summed E-state index contributed by atoms with van der Waals surface area (Å²) in [7, 11) is 1.91. The summed E-state index contributed by atoms with van der Waals surface area (Å²) in [4.78, 5) is 11.5. The molecule has 4 heteroatoms. The highest BCUT2D eigenvalue weighted by Crippen LogP contribution is 2.10. The Morgan fingerprint density at radius 3 is 2.53 bits per heavy atom. The molecule has 0 atom stereocenters. The van der Waals surface area contributed by atoms with E-state index in [-0.39, 0.29) is 12.5 Å². The summed E-state index contributed by atoms with van der Waals surface area (Å²) in [6.45, 7) is 0.969. The highest BCUT2D eigenvalue weighted by molar-refractivity contribution is 5.90. The molecule has 0 unspecified atom stereocenters. The number of anilines is 1. The molecule has 17 heavy (non-hydrogen) atoms. The van der Waals surface area contributed by atoms with Gasteiger partial charge in [0.1, 0.15) is 0 Å². The summed E-state index contributed by atoms with van der Waals surface area (Å²) >= 11 is 0. The number of hydrogen-bond acceptors (Lipinski definition) is 3. The molecule has 0 saturated carbocycles. The maximum absolute atomic E-state index is 11.5. The summed E-state index contributed by atoms with van der Waals surface area (Å²) in [5.74, 6) is 0.0397. The van der Waals surface area contributed by atoms with Gasteiger partial charge in [-0.2, -0.15) is 0 Å². The molecule has 4 nitrogen and oxygen atoms in total. The maximum Gasteiger partial charge on any atom is 0.224 e. The van der Waals surface area contributed by atoms with E-state index >= 15 is 0 Å². The zero-order valence-corrected chi connectivity index (χ0v) is 10.2. The van der Waals surface area contributed by atoms with Crippen molar-refractivity contribution in [3.05, 3.63) is 29.8 Å². The molecule has 1 amide bonds. The lowest BCUT2D eigenvalue weighted by Gasteiger charge is -2.05. The Bertz CT molecular complexity index is 336. The number of aliphatic hydroxyl groups is 1. The van der Waals surface area contributed by atoms with Gasteiger partial charge in [0.2, 0.25) is 5.91 Å². The summed E-state index contributed by atoms with van der Waals surface area (Å²) in [5.41, 5.74) is 1.62. The van der Waals surface area contributed by atoms with E-state index < -0.39 is 0 Å². The molecule has 0 aliphatic rings. The summed E-state index contributed by atoms with van der Waals surface area (Å²) in [6.07, 6.45) is 2.44. The van der Waals surface area contributed by atoms with Gasteiger partial charge in [-0.05, 0) is 44.1 Å². The van der Waals surface area contributed by atoms with E-state index in [2.05, 4.69) is 10.6 Å². The van der Waals surface area contributed by atoms with E-state index in [9.17, 15) is 4.79 Å². The molecule has 94 valence electrons. The summed E-state index contributed by atoms with van der Waals surface area (Å²) in [5, 5.41) is 14.8. The van der Waals surface area contributed by atoms with Crippen molar-refractivity contribution in [2.45, 2.75) is 25.9 Å². The standard InChI is InChI=1S/C13H20N2O2/c1-14-9-3-2-4-13(17)15-12-7-5-11(10-16)6-8-12/h5-8,14,16H,2-4,9-10H2,1H3,(H,15,17). The van der Waals surface area contributed by atoms with Gasteiger partial charge in [0.25, 0.3) is 0 Å². The van der Waals surface area contributed by atoms with E-state index in [0.29, 0.717) is 6.42 Å². The van der Waals surface area contributed by atoms with E-state index in [1.807, 2.05) is 7.05 Å². The monoisotopic (exact) mass is 236 g/mol. The predicted molar refractivity (Wildman–Crippen MR) is 68.8 cm³/mol. The van der Waals surface area contributed by atoms with Crippen LogP contribution in [0.15, 0.2) is 24.3 Å². The lowest BCUT2D eigenvalue weighted by atomic mass is 10.2. The van der Waals surface area contributed by atoms with Gasteiger partial charge in [-0.25, -0.2) is 0 Å². The van der Waals surface area contributed by atoms with Crippen molar-refractivity contribution < 1.29 is 9.90 Å². The molecule has 1 rings (SSSR count). The second kappa shape index (κ2) is 7.81. The summed E-state index contributed by atoms with van der Waals surface area (Å²) in [6, 6.07) is 7.21. The number of nitrogens with one attached hydrogen (secondary N) is 2. The SMILES string of the molecule is CNCCCCC(=O)Nc1ccc(CO)cc1. The van der Waals surface area contributed by atoms with Gasteiger partial charge in [0.05, 0.1) is 6.61 Å². The zero-order chi connectivity index (χ0) is 12.5. The second-order valence-electron chi connectivity index (χ2n) is 3.96. The van der Waals surface area contributed by atoms with Crippen LogP contribution in [0.25, 0.3) is 0 Å². The van der Waals surface area contributed by atoms with Gasteiger partial charge >= 0.3 is 0 Å². The molecule has 0 fully saturated rings. The Kier molecular flexibility index (Phi) is 6.29. The minimum Gasteiger partial charge on any atom is -0.392 e. The maximum atomic E-state index is 11.5. The normalized spacial score (nSPS) is 10.2. The highest BCUT2D eigenvalue weighted by Gasteiger charge is 2.01. The van der Waals surface area contributed by atoms with E-state index in [4.69, 9.17) is 5.11 Å². The fourth-order valence-electron chi connectivity index (χ4n) is 1.50. The van der Waals surface area contributed by atoms with E-state index in [1.54, 1.807) is 24.3 Å². The Morgan fingerprint density at radius 2 is 1.94 bits per heavy atom. The van der Waals surface area contributed by atoms with Crippen LogP contribution in [0.1, 0.15) is 24.8 Å². The third kappa shape index (κ3) is 5.47. The van der Waals surface area contributed by atoms with Gasteiger partial charge < -0.3 is 15.7 Å². The fraction of sp³-hybridized carbons (Fsp3) is 0.462. The van der Waals surface area contributed by atoms with Crippen LogP contribution in [0, 0.1) is 0 Å². The molecular formula is C13H20N2O2. The molecule has 0 spiro atoms. The minimum atomic E-state index is 0.0260.